The van der Waals surface area contributed by atoms with Gasteiger partial charge in [0, 0.05) is 54.1 Å². The summed E-state index contributed by atoms with van der Waals surface area (Å²) in [6.07, 6.45) is 4.80. The van der Waals surface area contributed by atoms with Gasteiger partial charge in [-0.2, -0.15) is 0 Å². The van der Waals surface area contributed by atoms with Gasteiger partial charge in [-0.3, -0.25) is 0 Å². The first-order chi connectivity index (χ1) is 36.5. The minimum atomic E-state index is -0.142. The fraction of sp³-hybridized carbons (Fsp3) is 0.342. The number of fused-ring (bicyclic) bond motifs is 11. The number of benzene rings is 8. The topological polar surface area (TPSA) is 6.48 Å². The summed E-state index contributed by atoms with van der Waals surface area (Å²) in [7, 11) is 0. The monoisotopic (exact) mass is 1020 g/mol. The van der Waals surface area contributed by atoms with Crippen LogP contribution >= 0.6 is 11.3 Å². The molecule has 0 N–H and O–H groups in total. The van der Waals surface area contributed by atoms with Crippen molar-refractivity contribution in [3.05, 3.63) is 202 Å². The van der Waals surface area contributed by atoms with Crippen LogP contribution in [-0.2, 0) is 27.1 Å². The van der Waals surface area contributed by atoms with Crippen LogP contribution in [0.15, 0.2) is 158 Å². The van der Waals surface area contributed by atoms with Crippen molar-refractivity contribution >= 4 is 83.0 Å². The molecule has 388 valence electrons. The summed E-state index contributed by atoms with van der Waals surface area (Å²) < 4.78 is 2.66. The van der Waals surface area contributed by atoms with Crippen molar-refractivity contribution in [3.63, 3.8) is 0 Å². The van der Waals surface area contributed by atoms with Crippen LogP contribution in [0.25, 0.3) is 31.3 Å². The highest BCUT2D eigenvalue weighted by Gasteiger charge is 2.62. The van der Waals surface area contributed by atoms with Crippen LogP contribution in [-0.4, -0.2) is 12.3 Å². The fourth-order valence-corrected chi connectivity index (χ4v) is 15.6. The second-order valence-corrected chi connectivity index (χ2v) is 29.2. The lowest BCUT2D eigenvalue weighted by Crippen LogP contribution is -2.64. The van der Waals surface area contributed by atoms with Crippen molar-refractivity contribution in [2.45, 2.75) is 161 Å². The molecule has 2 unspecified atom stereocenters. The van der Waals surface area contributed by atoms with E-state index in [0.29, 0.717) is 0 Å². The standard InChI is InChI=1S/C73H77BN2S/c1-68(2,3)49-30-26-46(27-31-49)63(47-28-32-50(33-29-47)69(4,5)6)48-40-59-65-60(41-48)76-66-55(72(13)38-20-21-39-73(72,76)14)43-52(71(10,11)12)44-57(66)74(65)56-35-37-62-64(53-24-18-19-25-61(53)77-62)67(56)75(59)58-36-34-51(70(7,8)9)42-54(58)45-22-16-15-17-23-45/h15-19,22-37,40-44,63H,20-21,38-39H2,1-14H3. The van der Waals surface area contributed by atoms with E-state index in [4.69, 9.17) is 0 Å². The van der Waals surface area contributed by atoms with Crippen molar-refractivity contribution in [2.24, 2.45) is 0 Å². The van der Waals surface area contributed by atoms with Gasteiger partial charge in [-0.25, -0.2) is 0 Å². The summed E-state index contributed by atoms with van der Waals surface area (Å²) in [4.78, 5) is 5.73. The third-order valence-electron chi connectivity index (χ3n) is 19.2. The molecule has 4 aliphatic rings. The Balaban J connectivity index is 1.22. The van der Waals surface area contributed by atoms with Gasteiger partial charge < -0.3 is 9.80 Å². The van der Waals surface area contributed by atoms with E-state index < -0.39 is 0 Å². The molecule has 3 aliphatic heterocycles. The predicted molar refractivity (Wildman–Crippen MR) is 336 cm³/mol. The van der Waals surface area contributed by atoms with E-state index in [-0.39, 0.29) is 45.2 Å². The SMILES string of the molecule is CC(C)(C)c1ccc(C(c2ccc(C(C)(C)C)cc2)c2cc3c4c(c2)N2c5c(cc(C(C)(C)C)cc5C5(C)CCCCC25C)B4c2ccc4sc5ccccc5c4c2N3c2ccc(C(C)(C)C)cc2-c2ccccc2)cc1. The third-order valence-corrected chi connectivity index (χ3v) is 20.3. The van der Waals surface area contributed by atoms with Crippen molar-refractivity contribution in [1.82, 2.24) is 0 Å². The maximum atomic E-state index is 2.95. The van der Waals surface area contributed by atoms with Crippen molar-refractivity contribution in [2.75, 3.05) is 9.80 Å². The first-order valence-corrected chi connectivity index (χ1v) is 29.6. The molecule has 1 aromatic heterocycles. The van der Waals surface area contributed by atoms with E-state index in [0.717, 1.165) is 6.42 Å². The van der Waals surface area contributed by atoms with Gasteiger partial charge in [0.2, 0.25) is 0 Å². The maximum Gasteiger partial charge on any atom is 0.252 e. The lowest BCUT2D eigenvalue weighted by molar-refractivity contribution is 0.195. The second-order valence-electron chi connectivity index (χ2n) is 28.1. The summed E-state index contributed by atoms with van der Waals surface area (Å²) in [6.45, 7) is 33.6. The smallest absolute Gasteiger partial charge is 0.252 e. The number of anilines is 5. The van der Waals surface area contributed by atoms with Gasteiger partial charge >= 0.3 is 0 Å². The third kappa shape index (κ3) is 7.61. The summed E-state index contributed by atoms with van der Waals surface area (Å²) in [5.41, 5.74) is 24.3. The molecule has 9 aromatic rings. The van der Waals surface area contributed by atoms with E-state index in [1.807, 2.05) is 11.3 Å². The summed E-state index contributed by atoms with van der Waals surface area (Å²) in [6, 6.07) is 63.0. The van der Waals surface area contributed by atoms with E-state index in [9.17, 15) is 0 Å². The van der Waals surface area contributed by atoms with Crippen LogP contribution in [0.2, 0.25) is 0 Å². The number of thiophene rings is 1. The van der Waals surface area contributed by atoms with Crippen LogP contribution in [0.1, 0.15) is 173 Å². The molecule has 0 spiro atoms. The zero-order chi connectivity index (χ0) is 53.9. The molecule has 1 saturated carbocycles. The Morgan fingerprint density at radius 1 is 0.481 bits per heavy atom. The molecule has 13 rings (SSSR count). The van der Waals surface area contributed by atoms with Gasteiger partial charge in [0.25, 0.3) is 6.71 Å². The normalized spacial score (nSPS) is 19.0. The Hall–Kier alpha value is -6.36. The van der Waals surface area contributed by atoms with Gasteiger partial charge in [-0.05, 0) is 144 Å². The predicted octanol–water partition coefficient (Wildman–Crippen LogP) is 18.4. The number of hydrogen-bond donors (Lipinski definition) is 0. The Morgan fingerprint density at radius 3 is 1.70 bits per heavy atom. The van der Waals surface area contributed by atoms with Crippen molar-refractivity contribution in [1.29, 1.82) is 0 Å². The van der Waals surface area contributed by atoms with Gasteiger partial charge in [-0.1, -0.05) is 224 Å². The number of hydrogen-bond acceptors (Lipinski definition) is 3. The average molecular weight is 1030 g/mol. The van der Waals surface area contributed by atoms with E-state index >= 15 is 0 Å². The van der Waals surface area contributed by atoms with Gasteiger partial charge in [0.1, 0.15) is 0 Å². The highest BCUT2D eigenvalue weighted by Crippen LogP contribution is 2.63. The van der Waals surface area contributed by atoms with E-state index in [1.165, 1.54) is 134 Å². The molecular formula is C73H77BN2S. The molecular weight excluding hydrogens is 948 g/mol. The van der Waals surface area contributed by atoms with Crippen molar-refractivity contribution in [3.8, 4) is 11.1 Å². The molecule has 0 bridgehead atoms. The van der Waals surface area contributed by atoms with Crippen molar-refractivity contribution < 1.29 is 0 Å². The maximum absolute atomic E-state index is 2.95. The van der Waals surface area contributed by atoms with Crippen LogP contribution in [0.4, 0.5) is 28.4 Å². The zero-order valence-electron chi connectivity index (χ0n) is 48.3. The van der Waals surface area contributed by atoms with Gasteiger partial charge in [0.15, 0.2) is 0 Å². The lowest BCUT2D eigenvalue weighted by Gasteiger charge is -2.53. The van der Waals surface area contributed by atoms with Gasteiger partial charge in [0.05, 0.1) is 16.9 Å². The minimum absolute atomic E-state index is 0.00706. The molecule has 4 heterocycles. The molecule has 0 radical (unpaired) electrons. The molecule has 1 aliphatic carbocycles. The minimum Gasteiger partial charge on any atom is -0.335 e. The van der Waals surface area contributed by atoms with Crippen LogP contribution in [0.3, 0.4) is 0 Å². The summed E-state index contributed by atoms with van der Waals surface area (Å²) >= 11 is 1.94. The molecule has 2 nitrogen and oxygen atoms in total. The molecule has 1 fully saturated rings. The lowest BCUT2D eigenvalue weighted by atomic mass is 9.33. The Kier molecular flexibility index (Phi) is 11.1. The molecule has 2 atom stereocenters. The summed E-state index contributed by atoms with van der Waals surface area (Å²) in [5.74, 6) is -0.0341. The zero-order valence-corrected chi connectivity index (χ0v) is 49.1. The largest absolute Gasteiger partial charge is 0.335 e. The Morgan fingerprint density at radius 2 is 1.06 bits per heavy atom. The molecule has 0 saturated heterocycles. The molecule has 0 amide bonds. The van der Waals surface area contributed by atoms with E-state index in [1.54, 1.807) is 5.56 Å². The Labute approximate surface area is 464 Å². The highest BCUT2D eigenvalue weighted by atomic mass is 32.1. The number of nitrogens with zero attached hydrogens (tertiary/aromatic N) is 2. The first-order valence-electron chi connectivity index (χ1n) is 28.8. The Bertz CT molecular complexity index is 3780. The number of rotatable bonds is 5. The van der Waals surface area contributed by atoms with Crippen LogP contribution in [0.5, 0.6) is 0 Å². The van der Waals surface area contributed by atoms with Crippen LogP contribution < -0.4 is 26.2 Å². The first kappa shape index (κ1) is 50.2. The quantitative estimate of drug-likeness (QED) is 0.125. The van der Waals surface area contributed by atoms with Crippen LogP contribution in [0, 0.1) is 0 Å². The van der Waals surface area contributed by atoms with E-state index in [2.05, 4.69) is 264 Å². The molecule has 8 aromatic carbocycles. The molecule has 77 heavy (non-hydrogen) atoms. The highest BCUT2D eigenvalue weighted by molar-refractivity contribution is 7.26. The summed E-state index contributed by atoms with van der Waals surface area (Å²) in [5, 5.41) is 2.68. The fourth-order valence-electron chi connectivity index (χ4n) is 14.5. The second kappa shape index (κ2) is 17.1. The van der Waals surface area contributed by atoms with Gasteiger partial charge in [-0.15, -0.1) is 11.3 Å². The molecule has 4 heteroatoms. The average Bonchev–Trinajstić information content (AvgIpc) is 3.89.